The maximum Gasteiger partial charge on any atom is 0.240 e. The van der Waals surface area contributed by atoms with Gasteiger partial charge in [-0.25, -0.2) is 8.42 Å². The minimum Gasteiger partial charge on any atom is -0.351 e. The number of para-hydroxylation sites is 1. The van der Waals surface area contributed by atoms with Crippen molar-refractivity contribution < 1.29 is 18.0 Å². The second kappa shape index (κ2) is 5.88. The predicted octanol–water partition coefficient (Wildman–Crippen LogP) is 1.33. The van der Waals surface area contributed by atoms with Crippen molar-refractivity contribution in [2.75, 3.05) is 16.8 Å². The maximum absolute atomic E-state index is 12.7. The van der Waals surface area contributed by atoms with Crippen molar-refractivity contribution in [3.63, 3.8) is 0 Å². The van der Waals surface area contributed by atoms with Crippen LogP contribution in [0.25, 0.3) is 0 Å². The Hall–Kier alpha value is -1.89. The molecule has 6 nitrogen and oxygen atoms in total. The lowest BCUT2D eigenvalue weighted by Gasteiger charge is -2.19. The molecule has 1 aromatic rings. The van der Waals surface area contributed by atoms with Crippen LogP contribution < -0.4 is 10.6 Å². The zero-order valence-electron chi connectivity index (χ0n) is 13.9. The van der Waals surface area contributed by atoms with Crippen molar-refractivity contribution in [3.8, 4) is 0 Å². The van der Waals surface area contributed by atoms with E-state index in [9.17, 15) is 18.0 Å². The van der Waals surface area contributed by atoms with E-state index >= 15 is 0 Å². The summed E-state index contributed by atoms with van der Waals surface area (Å²) >= 11 is 0. The van der Waals surface area contributed by atoms with Gasteiger partial charge in [-0.05, 0) is 44.2 Å². The van der Waals surface area contributed by atoms with Crippen LogP contribution in [0.15, 0.2) is 18.2 Å². The van der Waals surface area contributed by atoms with Crippen LogP contribution in [0, 0.1) is 19.3 Å². The van der Waals surface area contributed by atoms with Crippen LogP contribution in [0.4, 0.5) is 5.69 Å². The van der Waals surface area contributed by atoms with Gasteiger partial charge in [0.05, 0.1) is 11.5 Å². The van der Waals surface area contributed by atoms with Crippen molar-refractivity contribution >= 4 is 27.3 Å². The van der Waals surface area contributed by atoms with Crippen LogP contribution in [0.2, 0.25) is 0 Å². The summed E-state index contributed by atoms with van der Waals surface area (Å²) in [6.45, 7) is 3.82. The number of rotatable bonds is 4. The van der Waals surface area contributed by atoms with Crippen LogP contribution in [-0.4, -0.2) is 37.8 Å². The molecule has 0 aromatic heterocycles. The number of nitrogens with one attached hydrogen (secondary N) is 2. The molecule has 2 N–H and O–H groups in total. The van der Waals surface area contributed by atoms with Crippen LogP contribution in [-0.2, 0) is 19.4 Å². The second-order valence-electron chi connectivity index (χ2n) is 6.88. The van der Waals surface area contributed by atoms with Gasteiger partial charge in [0.1, 0.15) is 5.41 Å². The largest absolute Gasteiger partial charge is 0.351 e. The molecule has 1 saturated heterocycles. The molecule has 1 aliphatic heterocycles. The minimum atomic E-state index is -3.06. The molecule has 1 saturated carbocycles. The third kappa shape index (κ3) is 3.17. The summed E-state index contributed by atoms with van der Waals surface area (Å²) in [7, 11) is -3.06. The van der Waals surface area contributed by atoms with Crippen molar-refractivity contribution in [1.29, 1.82) is 0 Å². The predicted molar refractivity (Wildman–Crippen MR) is 91.4 cm³/mol. The lowest BCUT2D eigenvalue weighted by atomic mass is 10.0. The first-order valence-corrected chi connectivity index (χ1v) is 9.95. The van der Waals surface area contributed by atoms with Crippen molar-refractivity contribution in [1.82, 2.24) is 5.32 Å². The van der Waals surface area contributed by atoms with Crippen LogP contribution >= 0.6 is 0 Å². The van der Waals surface area contributed by atoms with E-state index in [4.69, 9.17) is 0 Å². The molecule has 1 heterocycles. The number of carbonyl (C=O) groups is 2. The van der Waals surface area contributed by atoms with Gasteiger partial charge in [0, 0.05) is 11.7 Å². The summed E-state index contributed by atoms with van der Waals surface area (Å²) < 4.78 is 23.0. The fraction of sp³-hybridized carbons (Fsp3) is 0.529. The molecular weight excluding hydrogens is 328 g/mol. The fourth-order valence-corrected chi connectivity index (χ4v) is 4.83. The molecule has 0 radical (unpaired) electrons. The van der Waals surface area contributed by atoms with E-state index in [0.29, 0.717) is 19.3 Å². The van der Waals surface area contributed by atoms with E-state index in [1.54, 1.807) is 0 Å². The van der Waals surface area contributed by atoms with Gasteiger partial charge in [-0.15, -0.1) is 0 Å². The highest BCUT2D eigenvalue weighted by atomic mass is 32.2. The highest BCUT2D eigenvalue weighted by molar-refractivity contribution is 7.91. The van der Waals surface area contributed by atoms with E-state index in [-0.39, 0.29) is 29.4 Å². The quantitative estimate of drug-likeness (QED) is 0.801. The highest BCUT2D eigenvalue weighted by Gasteiger charge is 2.57. The molecule has 3 rings (SSSR count). The average Bonchev–Trinajstić information content (AvgIpc) is 3.24. The fourth-order valence-electron chi connectivity index (χ4n) is 3.16. The van der Waals surface area contributed by atoms with Gasteiger partial charge in [0.2, 0.25) is 11.8 Å². The standard InChI is InChI=1S/C17H22N2O4S/c1-11-4-3-5-12(2)14(11)19-16(21)17(7-8-17)15(20)18-13-6-9-24(22,23)10-13/h3-5,13H,6-10H2,1-2H3,(H,18,20)(H,19,21). The molecule has 2 aliphatic rings. The monoisotopic (exact) mass is 350 g/mol. The average molecular weight is 350 g/mol. The first-order valence-electron chi connectivity index (χ1n) is 8.13. The summed E-state index contributed by atoms with van der Waals surface area (Å²) in [5.41, 5.74) is 1.58. The molecule has 0 spiro atoms. The molecule has 0 bridgehead atoms. The summed E-state index contributed by atoms with van der Waals surface area (Å²) in [5.74, 6) is -0.598. The number of hydrogen-bond donors (Lipinski definition) is 2. The lowest BCUT2D eigenvalue weighted by molar-refractivity contribution is -0.134. The van der Waals surface area contributed by atoms with Crippen LogP contribution in [0.1, 0.15) is 30.4 Å². The highest BCUT2D eigenvalue weighted by Crippen LogP contribution is 2.47. The zero-order valence-corrected chi connectivity index (χ0v) is 14.7. The number of hydrogen-bond acceptors (Lipinski definition) is 4. The number of amides is 2. The topological polar surface area (TPSA) is 92.3 Å². The smallest absolute Gasteiger partial charge is 0.240 e. The molecule has 1 aliphatic carbocycles. The number of anilines is 1. The summed E-state index contributed by atoms with van der Waals surface area (Å²) in [4.78, 5) is 25.2. The minimum absolute atomic E-state index is 0.0344. The van der Waals surface area contributed by atoms with Gasteiger partial charge >= 0.3 is 0 Å². The Labute approximate surface area is 141 Å². The molecule has 2 fully saturated rings. The summed E-state index contributed by atoms with van der Waals surface area (Å²) in [6, 6.07) is 5.35. The van der Waals surface area contributed by atoms with Crippen LogP contribution in [0.3, 0.4) is 0 Å². The van der Waals surface area contributed by atoms with E-state index in [0.717, 1.165) is 16.8 Å². The van der Waals surface area contributed by atoms with Gasteiger partial charge in [-0.2, -0.15) is 0 Å². The molecule has 130 valence electrons. The number of sulfone groups is 1. The Morgan fingerprint density at radius 3 is 2.25 bits per heavy atom. The third-order valence-corrected chi connectivity index (χ3v) is 6.67. The Morgan fingerprint density at radius 1 is 1.12 bits per heavy atom. The number of benzene rings is 1. The normalized spacial score (nSPS) is 23.5. The molecule has 24 heavy (non-hydrogen) atoms. The van der Waals surface area contributed by atoms with E-state index in [2.05, 4.69) is 10.6 Å². The zero-order chi connectivity index (χ0) is 17.5. The van der Waals surface area contributed by atoms with Crippen molar-refractivity contribution in [2.45, 2.75) is 39.2 Å². The van der Waals surface area contributed by atoms with Gasteiger partial charge in [-0.3, -0.25) is 9.59 Å². The van der Waals surface area contributed by atoms with Gasteiger partial charge in [0.15, 0.2) is 9.84 Å². The van der Waals surface area contributed by atoms with Gasteiger partial charge in [-0.1, -0.05) is 18.2 Å². The second-order valence-corrected chi connectivity index (χ2v) is 9.11. The molecule has 1 atom stereocenters. The number of carbonyl (C=O) groups excluding carboxylic acids is 2. The van der Waals surface area contributed by atoms with E-state index in [1.807, 2.05) is 32.0 Å². The molecule has 1 unspecified atom stereocenters. The molecule has 1 aromatic carbocycles. The van der Waals surface area contributed by atoms with E-state index in [1.165, 1.54) is 0 Å². The SMILES string of the molecule is Cc1cccc(C)c1NC(=O)C1(C(=O)NC2CCS(=O)(=O)C2)CC1. The Bertz CT molecular complexity index is 777. The van der Waals surface area contributed by atoms with Crippen molar-refractivity contribution in [3.05, 3.63) is 29.3 Å². The van der Waals surface area contributed by atoms with Gasteiger partial charge in [0.25, 0.3) is 0 Å². The molecule has 2 amide bonds. The van der Waals surface area contributed by atoms with Crippen molar-refractivity contribution in [2.24, 2.45) is 5.41 Å². The maximum atomic E-state index is 12.7. The Balaban J connectivity index is 1.69. The third-order valence-electron chi connectivity index (χ3n) is 4.91. The van der Waals surface area contributed by atoms with Crippen LogP contribution in [0.5, 0.6) is 0 Å². The molecule has 7 heteroatoms. The lowest BCUT2D eigenvalue weighted by Crippen LogP contribution is -2.45. The first kappa shape index (κ1) is 17.0. The van der Waals surface area contributed by atoms with Gasteiger partial charge < -0.3 is 10.6 Å². The molecular formula is C17H22N2O4S. The Kier molecular flexibility index (Phi) is 4.15. The number of aryl methyl sites for hydroxylation is 2. The Morgan fingerprint density at radius 2 is 1.75 bits per heavy atom. The van der Waals surface area contributed by atoms with E-state index < -0.39 is 15.3 Å². The summed E-state index contributed by atoms with van der Waals surface area (Å²) in [5, 5.41) is 5.64. The summed E-state index contributed by atoms with van der Waals surface area (Å²) in [6.07, 6.45) is 1.41. The first-order chi connectivity index (χ1) is 11.2.